The summed E-state index contributed by atoms with van der Waals surface area (Å²) in [7, 11) is 0. The van der Waals surface area contributed by atoms with E-state index in [2.05, 4.69) is 27.4 Å². The predicted octanol–water partition coefficient (Wildman–Crippen LogP) is 8.60. The lowest BCUT2D eigenvalue weighted by Gasteiger charge is -2.16. The number of hydrogen-bond acceptors (Lipinski definition) is 1. The van der Waals surface area contributed by atoms with Crippen LogP contribution in [0.4, 0.5) is 0 Å². The second kappa shape index (κ2) is 19.5. The van der Waals surface area contributed by atoms with Gasteiger partial charge >= 0.3 is 0 Å². The summed E-state index contributed by atoms with van der Waals surface area (Å²) in [6, 6.07) is 0. The molecule has 1 nitrogen and oxygen atoms in total. The average Bonchev–Trinajstić information content (AvgIpc) is 2.63. The number of hydrogen-bond donors (Lipinski definition) is 1. The Hall–Kier alpha value is -0.300. The maximum atomic E-state index is 10.2. The van der Waals surface area contributed by atoms with Crippen LogP contribution in [-0.4, -0.2) is 11.2 Å². The van der Waals surface area contributed by atoms with Gasteiger partial charge in [-0.15, -0.1) is 0 Å². The van der Waals surface area contributed by atoms with Crippen molar-refractivity contribution in [3.05, 3.63) is 12.2 Å². The summed E-state index contributed by atoms with van der Waals surface area (Å²) >= 11 is 0. The zero-order valence-corrected chi connectivity index (χ0v) is 18.5. The van der Waals surface area contributed by atoms with E-state index >= 15 is 0 Å². The summed E-state index contributed by atoms with van der Waals surface area (Å²) in [5.74, 6) is 0.566. The molecule has 0 fully saturated rings. The molecule has 0 aromatic rings. The molecule has 0 radical (unpaired) electrons. The molecule has 0 rings (SSSR count). The lowest BCUT2D eigenvalue weighted by molar-refractivity contribution is 0.144. The normalized spacial score (nSPS) is 13.7. The van der Waals surface area contributed by atoms with E-state index < -0.39 is 0 Å². The summed E-state index contributed by atoms with van der Waals surface area (Å²) in [6.45, 7) is 10.9. The molecule has 0 aliphatic rings. The standard InChI is InChI=1S/C25H50O/c1-5-7-8-9-10-11-12-13-14-15-16-17-18-20-25(26)22-21-24(4)23(3)19-6-2/h24-26H,3,5-22H2,1-2,4H3/t24-,25+/m0/s1. The SMILES string of the molecule is C=C(CCC)[C@@H](C)CC[C@H](O)CCCCCCCCCCCCCCC. The Labute approximate surface area is 166 Å². The van der Waals surface area contributed by atoms with Gasteiger partial charge in [-0.1, -0.05) is 123 Å². The van der Waals surface area contributed by atoms with E-state index in [0.29, 0.717) is 5.92 Å². The van der Waals surface area contributed by atoms with Gasteiger partial charge in [-0.25, -0.2) is 0 Å². The van der Waals surface area contributed by atoms with Crippen LogP contribution in [0.25, 0.3) is 0 Å². The molecule has 1 N–H and O–H groups in total. The smallest absolute Gasteiger partial charge is 0.0540 e. The zero-order valence-electron chi connectivity index (χ0n) is 18.5. The van der Waals surface area contributed by atoms with Gasteiger partial charge in [-0.2, -0.15) is 0 Å². The summed E-state index contributed by atoms with van der Waals surface area (Å²) in [5.41, 5.74) is 1.36. The predicted molar refractivity (Wildman–Crippen MR) is 119 cm³/mol. The largest absolute Gasteiger partial charge is 0.393 e. The van der Waals surface area contributed by atoms with E-state index in [1.165, 1.54) is 95.5 Å². The first-order chi connectivity index (χ1) is 12.6. The molecule has 0 heterocycles. The molecule has 26 heavy (non-hydrogen) atoms. The molecule has 2 atom stereocenters. The summed E-state index contributed by atoms with van der Waals surface area (Å²) in [6.07, 6.45) is 23.3. The second-order valence-corrected chi connectivity index (χ2v) is 8.57. The van der Waals surface area contributed by atoms with E-state index in [9.17, 15) is 5.11 Å². The molecule has 0 spiro atoms. The van der Waals surface area contributed by atoms with Crippen LogP contribution in [0.5, 0.6) is 0 Å². The molecular weight excluding hydrogens is 316 g/mol. The van der Waals surface area contributed by atoms with Gasteiger partial charge in [-0.05, 0) is 31.6 Å². The Kier molecular flexibility index (Phi) is 19.2. The van der Waals surface area contributed by atoms with Gasteiger partial charge in [0.05, 0.1) is 6.10 Å². The maximum absolute atomic E-state index is 10.2. The highest BCUT2D eigenvalue weighted by molar-refractivity contribution is 4.98. The molecular formula is C25H50O. The number of rotatable bonds is 20. The van der Waals surface area contributed by atoms with Gasteiger partial charge in [0.1, 0.15) is 0 Å². The van der Waals surface area contributed by atoms with Gasteiger partial charge in [0.2, 0.25) is 0 Å². The molecule has 0 saturated carbocycles. The topological polar surface area (TPSA) is 20.2 Å². The van der Waals surface area contributed by atoms with Gasteiger partial charge in [0.15, 0.2) is 0 Å². The average molecular weight is 367 g/mol. The Morgan fingerprint density at radius 2 is 1.12 bits per heavy atom. The van der Waals surface area contributed by atoms with Gasteiger partial charge in [0, 0.05) is 0 Å². The van der Waals surface area contributed by atoms with Crippen molar-refractivity contribution in [2.24, 2.45) is 5.92 Å². The van der Waals surface area contributed by atoms with Gasteiger partial charge in [-0.3, -0.25) is 0 Å². The Bertz CT molecular complexity index is 297. The molecule has 0 saturated heterocycles. The van der Waals surface area contributed by atoms with Gasteiger partial charge < -0.3 is 5.11 Å². The molecule has 0 unspecified atom stereocenters. The minimum atomic E-state index is -0.0976. The fraction of sp³-hybridized carbons (Fsp3) is 0.920. The fourth-order valence-electron chi connectivity index (χ4n) is 3.76. The van der Waals surface area contributed by atoms with Crippen LogP contribution in [-0.2, 0) is 0 Å². The maximum Gasteiger partial charge on any atom is 0.0540 e. The first-order valence-electron chi connectivity index (χ1n) is 12.0. The molecule has 0 aromatic carbocycles. The lowest BCUT2D eigenvalue weighted by Crippen LogP contribution is -2.09. The fourth-order valence-corrected chi connectivity index (χ4v) is 3.76. The number of unbranched alkanes of at least 4 members (excludes halogenated alkanes) is 12. The summed E-state index contributed by atoms with van der Waals surface area (Å²) in [5, 5.41) is 10.2. The van der Waals surface area contributed by atoms with Crippen molar-refractivity contribution in [2.45, 2.75) is 142 Å². The minimum Gasteiger partial charge on any atom is -0.393 e. The molecule has 1 heteroatoms. The van der Waals surface area contributed by atoms with E-state index in [1.54, 1.807) is 0 Å². The molecule has 0 aliphatic carbocycles. The quantitative estimate of drug-likeness (QED) is 0.169. The molecule has 0 bridgehead atoms. The summed E-state index contributed by atoms with van der Waals surface area (Å²) < 4.78 is 0. The number of aliphatic hydroxyl groups excluding tert-OH is 1. The zero-order chi connectivity index (χ0) is 19.5. The van der Waals surface area contributed by atoms with Crippen LogP contribution in [0, 0.1) is 5.92 Å². The molecule has 0 aliphatic heterocycles. The minimum absolute atomic E-state index is 0.0976. The van der Waals surface area contributed by atoms with Gasteiger partial charge in [0.25, 0.3) is 0 Å². The van der Waals surface area contributed by atoms with Crippen molar-refractivity contribution < 1.29 is 5.11 Å². The van der Waals surface area contributed by atoms with Crippen LogP contribution in [0.2, 0.25) is 0 Å². The van der Waals surface area contributed by atoms with Crippen molar-refractivity contribution in [3.63, 3.8) is 0 Å². The molecule has 0 amide bonds. The number of aliphatic hydroxyl groups is 1. The molecule has 0 aromatic heterocycles. The Morgan fingerprint density at radius 1 is 0.654 bits per heavy atom. The highest BCUT2D eigenvalue weighted by atomic mass is 16.3. The van der Waals surface area contributed by atoms with Crippen molar-refractivity contribution in [2.75, 3.05) is 0 Å². The second-order valence-electron chi connectivity index (χ2n) is 8.57. The van der Waals surface area contributed by atoms with Crippen molar-refractivity contribution in [1.82, 2.24) is 0 Å². The van der Waals surface area contributed by atoms with Crippen LogP contribution in [0.1, 0.15) is 136 Å². The summed E-state index contributed by atoms with van der Waals surface area (Å²) in [4.78, 5) is 0. The Morgan fingerprint density at radius 3 is 1.58 bits per heavy atom. The number of allylic oxidation sites excluding steroid dienone is 1. The van der Waals surface area contributed by atoms with Crippen molar-refractivity contribution >= 4 is 0 Å². The van der Waals surface area contributed by atoms with E-state index in [-0.39, 0.29) is 6.10 Å². The van der Waals surface area contributed by atoms with E-state index in [1.807, 2.05) is 0 Å². The van der Waals surface area contributed by atoms with Crippen LogP contribution >= 0.6 is 0 Å². The first kappa shape index (κ1) is 25.7. The van der Waals surface area contributed by atoms with Crippen LogP contribution < -0.4 is 0 Å². The van der Waals surface area contributed by atoms with Crippen LogP contribution in [0.15, 0.2) is 12.2 Å². The van der Waals surface area contributed by atoms with Crippen molar-refractivity contribution in [1.29, 1.82) is 0 Å². The highest BCUT2D eigenvalue weighted by Gasteiger charge is 2.10. The first-order valence-corrected chi connectivity index (χ1v) is 12.0. The third-order valence-corrected chi connectivity index (χ3v) is 5.84. The third-order valence-electron chi connectivity index (χ3n) is 5.84. The highest BCUT2D eigenvalue weighted by Crippen LogP contribution is 2.21. The monoisotopic (exact) mass is 366 g/mol. The lowest BCUT2D eigenvalue weighted by atomic mass is 9.92. The van der Waals surface area contributed by atoms with E-state index in [0.717, 1.165) is 25.7 Å². The Balaban J connectivity index is 3.30. The van der Waals surface area contributed by atoms with E-state index in [4.69, 9.17) is 0 Å². The van der Waals surface area contributed by atoms with Crippen LogP contribution in [0.3, 0.4) is 0 Å². The van der Waals surface area contributed by atoms with Crippen molar-refractivity contribution in [3.8, 4) is 0 Å². The third kappa shape index (κ3) is 17.1. The molecule has 156 valence electrons.